The van der Waals surface area contributed by atoms with Crippen molar-refractivity contribution in [2.45, 2.75) is 26.3 Å². The number of hydrogen-bond donors (Lipinski definition) is 0. The highest BCUT2D eigenvalue weighted by atomic mass is 16.2. The van der Waals surface area contributed by atoms with Gasteiger partial charge in [-0.2, -0.15) is 0 Å². The van der Waals surface area contributed by atoms with E-state index in [-0.39, 0.29) is 11.8 Å². The molecule has 0 saturated carbocycles. The lowest BCUT2D eigenvalue weighted by Crippen LogP contribution is -2.61. The van der Waals surface area contributed by atoms with Crippen molar-refractivity contribution in [3.8, 4) is 11.4 Å². The Balaban J connectivity index is 1.85. The molecule has 0 spiro atoms. The third kappa shape index (κ3) is 3.52. The maximum Gasteiger partial charge on any atom is 0.273 e. The van der Waals surface area contributed by atoms with Crippen LogP contribution in [-0.4, -0.2) is 56.8 Å². The van der Waals surface area contributed by atoms with Crippen LogP contribution in [0.15, 0.2) is 42.6 Å². The van der Waals surface area contributed by atoms with Crippen molar-refractivity contribution in [2.24, 2.45) is 0 Å². The van der Waals surface area contributed by atoms with Crippen LogP contribution in [0.25, 0.3) is 11.4 Å². The van der Waals surface area contributed by atoms with E-state index in [2.05, 4.69) is 9.97 Å². The van der Waals surface area contributed by atoms with Crippen LogP contribution in [0.2, 0.25) is 0 Å². The summed E-state index contributed by atoms with van der Waals surface area (Å²) >= 11 is 0. The van der Waals surface area contributed by atoms with Gasteiger partial charge in [-0.25, -0.2) is 9.97 Å². The molecular formula is C19H22N4O2. The summed E-state index contributed by atoms with van der Waals surface area (Å²) in [5.74, 6) is 0.438. The molecular weight excluding hydrogens is 316 g/mol. The van der Waals surface area contributed by atoms with Crippen molar-refractivity contribution in [2.75, 3.05) is 19.6 Å². The summed E-state index contributed by atoms with van der Waals surface area (Å²) in [6, 6.07) is 11.2. The number of carbonyl (C=O) groups is 2. The average molecular weight is 338 g/mol. The van der Waals surface area contributed by atoms with Gasteiger partial charge in [-0.3, -0.25) is 9.59 Å². The van der Waals surface area contributed by atoms with Crippen LogP contribution in [0.1, 0.15) is 31.3 Å². The Bertz CT molecular complexity index is 789. The number of hydrogen-bond acceptors (Lipinski definition) is 4. The number of nitrogens with zero attached hydrogens (tertiary/aromatic N) is 4. The van der Waals surface area contributed by atoms with Crippen molar-refractivity contribution >= 4 is 11.8 Å². The number of rotatable bonds is 2. The Labute approximate surface area is 147 Å². The fraction of sp³-hybridized carbons (Fsp3) is 0.368. The van der Waals surface area contributed by atoms with Gasteiger partial charge in [0.25, 0.3) is 5.91 Å². The Kier molecular flexibility index (Phi) is 4.53. The van der Waals surface area contributed by atoms with Gasteiger partial charge in [-0.05, 0) is 19.9 Å². The van der Waals surface area contributed by atoms with Crippen LogP contribution < -0.4 is 0 Å². The molecule has 1 saturated heterocycles. The van der Waals surface area contributed by atoms with Crippen LogP contribution >= 0.6 is 0 Å². The molecule has 6 nitrogen and oxygen atoms in total. The zero-order valence-corrected chi connectivity index (χ0v) is 14.8. The molecule has 3 rings (SSSR count). The first-order valence-corrected chi connectivity index (χ1v) is 8.34. The van der Waals surface area contributed by atoms with Gasteiger partial charge in [0.2, 0.25) is 5.91 Å². The van der Waals surface area contributed by atoms with E-state index in [1.54, 1.807) is 29.0 Å². The number of aromatic nitrogens is 2. The molecule has 1 aliphatic heterocycles. The molecule has 6 heteroatoms. The van der Waals surface area contributed by atoms with Crippen molar-refractivity contribution < 1.29 is 9.59 Å². The summed E-state index contributed by atoms with van der Waals surface area (Å²) < 4.78 is 0. The Morgan fingerprint density at radius 2 is 1.80 bits per heavy atom. The van der Waals surface area contributed by atoms with Crippen LogP contribution in [0.5, 0.6) is 0 Å². The van der Waals surface area contributed by atoms with Gasteiger partial charge >= 0.3 is 0 Å². The quantitative estimate of drug-likeness (QED) is 0.842. The van der Waals surface area contributed by atoms with E-state index in [1.165, 1.54) is 0 Å². The van der Waals surface area contributed by atoms with Gasteiger partial charge < -0.3 is 9.80 Å². The van der Waals surface area contributed by atoms with E-state index in [0.29, 0.717) is 31.2 Å². The fourth-order valence-electron chi connectivity index (χ4n) is 3.14. The lowest BCUT2D eigenvalue weighted by atomic mass is 9.98. The largest absolute Gasteiger partial charge is 0.339 e. The molecule has 1 aromatic carbocycles. The summed E-state index contributed by atoms with van der Waals surface area (Å²) in [5.41, 5.74) is 0.801. The molecule has 1 fully saturated rings. The van der Waals surface area contributed by atoms with Crippen LogP contribution in [0.3, 0.4) is 0 Å². The molecule has 1 aromatic heterocycles. The molecule has 0 atom stereocenters. The van der Waals surface area contributed by atoms with E-state index in [9.17, 15) is 9.59 Å². The zero-order valence-electron chi connectivity index (χ0n) is 14.8. The maximum atomic E-state index is 13.0. The lowest BCUT2D eigenvalue weighted by molar-refractivity contribution is -0.133. The van der Waals surface area contributed by atoms with E-state index < -0.39 is 5.54 Å². The van der Waals surface area contributed by atoms with E-state index >= 15 is 0 Å². The van der Waals surface area contributed by atoms with Crippen molar-refractivity contribution in [1.29, 1.82) is 0 Å². The molecule has 2 heterocycles. The topological polar surface area (TPSA) is 66.4 Å². The molecule has 0 bridgehead atoms. The van der Waals surface area contributed by atoms with Gasteiger partial charge in [0, 0.05) is 38.3 Å². The molecule has 0 unspecified atom stereocenters. The molecule has 0 aliphatic carbocycles. The highest BCUT2D eigenvalue weighted by Gasteiger charge is 2.38. The average Bonchev–Trinajstić information content (AvgIpc) is 2.61. The predicted molar refractivity (Wildman–Crippen MR) is 94.8 cm³/mol. The molecule has 1 aliphatic rings. The molecule has 0 N–H and O–H groups in total. The number of benzene rings is 1. The molecule has 25 heavy (non-hydrogen) atoms. The number of amides is 2. The van der Waals surface area contributed by atoms with Crippen molar-refractivity contribution in [3.05, 3.63) is 48.3 Å². The summed E-state index contributed by atoms with van der Waals surface area (Å²) in [6.07, 6.45) is 1.61. The highest BCUT2D eigenvalue weighted by Crippen LogP contribution is 2.23. The number of carbonyl (C=O) groups excluding carboxylic acids is 2. The van der Waals surface area contributed by atoms with Gasteiger partial charge in [-0.15, -0.1) is 0 Å². The Morgan fingerprint density at radius 1 is 1.08 bits per heavy atom. The molecule has 2 aromatic rings. The van der Waals surface area contributed by atoms with E-state index in [1.807, 2.05) is 44.2 Å². The summed E-state index contributed by atoms with van der Waals surface area (Å²) in [7, 11) is 0. The predicted octanol–water partition coefficient (Wildman–Crippen LogP) is 2.23. The van der Waals surface area contributed by atoms with E-state index in [0.717, 1.165) is 5.56 Å². The van der Waals surface area contributed by atoms with Crippen molar-refractivity contribution in [3.63, 3.8) is 0 Å². The first kappa shape index (κ1) is 17.1. The maximum absolute atomic E-state index is 13.0. The van der Waals surface area contributed by atoms with Crippen LogP contribution in [0.4, 0.5) is 0 Å². The first-order valence-electron chi connectivity index (χ1n) is 8.34. The zero-order chi connectivity index (χ0) is 18.0. The van der Waals surface area contributed by atoms with E-state index in [4.69, 9.17) is 0 Å². The summed E-state index contributed by atoms with van der Waals surface area (Å²) in [6.45, 7) is 7.06. The second kappa shape index (κ2) is 6.63. The Morgan fingerprint density at radius 3 is 2.44 bits per heavy atom. The van der Waals surface area contributed by atoms with Gasteiger partial charge in [0.05, 0.1) is 5.54 Å². The molecule has 2 amide bonds. The third-order valence-electron chi connectivity index (χ3n) is 4.50. The second-order valence-electron chi connectivity index (χ2n) is 6.84. The van der Waals surface area contributed by atoms with Gasteiger partial charge in [0.15, 0.2) is 5.82 Å². The second-order valence-corrected chi connectivity index (χ2v) is 6.84. The third-order valence-corrected chi connectivity index (χ3v) is 4.50. The normalized spacial score (nSPS) is 16.6. The lowest BCUT2D eigenvalue weighted by Gasteiger charge is -2.46. The smallest absolute Gasteiger partial charge is 0.273 e. The molecule has 0 radical (unpaired) electrons. The summed E-state index contributed by atoms with van der Waals surface area (Å²) in [5, 5.41) is 0. The van der Waals surface area contributed by atoms with Gasteiger partial charge in [-0.1, -0.05) is 30.3 Å². The standard InChI is InChI=1S/C19H22N4O2/c1-14(24)22-11-12-23(19(2,3)13-22)18(25)16-9-10-20-17(21-16)15-7-5-4-6-8-15/h4-10H,11-13H2,1-3H3. The monoisotopic (exact) mass is 338 g/mol. The van der Waals surface area contributed by atoms with Crippen LogP contribution in [-0.2, 0) is 4.79 Å². The SMILES string of the molecule is CC(=O)N1CCN(C(=O)c2ccnc(-c3ccccc3)n2)C(C)(C)C1. The Hall–Kier alpha value is -2.76. The highest BCUT2D eigenvalue weighted by molar-refractivity contribution is 5.93. The van der Waals surface area contributed by atoms with Gasteiger partial charge in [0.1, 0.15) is 5.69 Å². The summed E-state index contributed by atoms with van der Waals surface area (Å²) in [4.78, 5) is 36.9. The molecule has 130 valence electrons. The first-order chi connectivity index (χ1) is 11.9. The fourth-order valence-corrected chi connectivity index (χ4v) is 3.14. The minimum absolute atomic E-state index is 0.0357. The van der Waals surface area contributed by atoms with Crippen molar-refractivity contribution in [1.82, 2.24) is 19.8 Å². The number of piperazine rings is 1. The minimum Gasteiger partial charge on any atom is -0.339 e. The van der Waals surface area contributed by atoms with Crippen LogP contribution in [0, 0.1) is 0 Å². The minimum atomic E-state index is -0.446.